The van der Waals surface area contributed by atoms with Gasteiger partial charge in [-0.2, -0.15) is 0 Å². The number of carbonyl (C=O) groups excluding carboxylic acids is 1. The van der Waals surface area contributed by atoms with E-state index in [9.17, 15) is 19.3 Å². The van der Waals surface area contributed by atoms with Crippen molar-refractivity contribution in [2.45, 2.75) is 13.8 Å². The van der Waals surface area contributed by atoms with Crippen LogP contribution in [0.2, 0.25) is 0 Å². The number of nitrogens with zero attached hydrogens (tertiary/aromatic N) is 2. The average molecular weight is 283 g/mol. The summed E-state index contributed by atoms with van der Waals surface area (Å²) < 4.78 is 13.1. The molecule has 20 heavy (non-hydrogen) atoms. The highest BCUT2D eigenvalue weighted by atomic mass is 19.1. The van der Waals surface area contributed by atoms with Crippen molar-refractivity contribution in [3.05, 3.63) is 39.7 Å². The van der Waals surface area contributed by atoms with Gasteiger partial charge >= 0.3 is 0 Å². The number of rotatable bonds is 7. The Hall–Kier alpha value is -2.02. The lowest BCUT2D eigenvalue weighted by atomic mass is 10.1. The molecule has 0 radical (unpaired) electrons. The fourth-order valence-electron chi connectivity index (χ4n) is 1.81. The Balaban J connectivity index is 2.72. The zero-order valence-electron chi connectivity index (χ0n) is 11.6. The standard InChI is InChI=1S/C13H18FN3O3/c1-3-16(4-2)8-7-15-13(18)11-9-10(14)5-6-12(11)17(19)20/h5-6,9H,3-4,7-8H2,1-2H3,(H,15,18). The Labute approximate surface area is 116 Å². The van der Waals surface area contributed by atoms with E-state index in [0.717, 1.165) is 31.3 Å². The number of halogens is 1. The molecule has 0 fully saturated rings. The number of carbonyl (C=O) groups is 1. The molecule has 0 aliphatic carbocycles. The van der Waals surface area contributed by atoms with E-state index in [1.807, 2.05) is 13.8 Å². The van der Waals surface area contributed by atoms with Gasteiger partial charge in [0.25, 0.3) is 11.6 Å². The van der Waals surface area contributed by atoms with E-state index in [4.69, 9.17) is 0 Å². The minimum atomic E-state index is -0.696. The first-order valence-corrected chi connectivity index (χ1v) is 6.44. The molecule has 0 atom stereocenters. The van der Waals surface area contributed by atoms with Crippen molar-refractivity contribution in [2.24, 2.45) is 0 Å². The summed E-state index contributed by atoms with van der Waals surface area (Å²) in [6.07, 6.45) is 0. The minimum Gasteiger partial charge on any atom is -0.351 e. The molecule has 1 N–H and O–H groups in total. The molecule has 7 heteroatoms. The Morgan fingerprint density at radius 2 is 2.05 bits per heavy atom. The van der Waals surface area contributed by atoms with Gasteiger partial charge in [-0.25, -0.2) is 4.39 Å². The number of nitro groups is 1. The van der Waals surface area contributed by atoms with E-state index in [0.29, 0.717) is 13.1 Å². The van der Waals surface area contributed by atoms with Crippen LogP contribution in [0.15, 0.2) is 18.2 Å². The lowest BCUT2D eigenvalue weighted by Gasteiger charge is -2.17. The van der Waals surface area contributed by atoms with Gasteiger partial charge in [-0.1, -0.05) is 13.8 Å². The van der Waals surface area contributed by atoms with Gasteiger partial charge in [-0.15, -0.1) is 0 Å². The Bertz CT molecular complexity index is 490. The average Bonchev–Trinajstić information content (AvgIpc) is 2.43. The molecular formula is C13H18FN3O3. The SMILES string of the molecule is CCN(CC)CCNC(=O)c1cc(F)ccc1[N+](=O)[O-]. The molecule has 1 amide bonds. The summed E-state index contributed by atoms with van der Waals surface area (Å²) in [4.78, 5) is 24.1. The third-order valence-corrected chi connectivity index (χ3v) is 3.01. The van der Waals surface area contributed by atoms with Gasteiger partial charge < -0.3 is 10.2 Å². The predicted molar refractivity (Wildman–Crippen MR) is 73.2 cm³/mol. The van der Waals surface area contributed by atoms with Gasteiger partial charge in [-0.3, -0.25) is 14.9 Å². The van der Waals surface area contributed by atoms with Crippen molar-refractivity contribution in [2.75, 3.05) is 26.2 Å². The fourth-order valence-corrected chi connectivity index (χ4v) is 1.81. The highest BCUT2D eigenvalue weighted by molar-refractivity contribution is 5.98. The topological polar surface area (TPSA) is 75.5 Å². The van der Waals surface area contributed by atoms with Crippen molar-refractivity contribution >= 4 is 11.6 Å². The van der Waals surface area contributed by atoms with Crippen molar-refractivity contribution in [3.8, 4) is 0 Å². The summed E-state index contributed by atoms with van der Waals surface area (Å²) in [5.74, 6) is -1.31. The molecule has 1 rings (SSSR count). The highest BCUT2D eigenvalue weighted by Crippen LogP contribution is 2.19. The molecular weight excluding hydrogens is 265 g/mol. The first-order valence-electron chi connectivity index (χ1n) is 6.44. The van der Waals surface area contributed by atoms with Crippen LogP contribution in [0.4, 0.5) is 10.1 Å². The second kappa shape index (κ2) is 7.54. The number of hydrogen-bond donors (Lipinski definition) is 1. The normalized spacial score (nSPS) is 10.6. The molecule has 1 aromatic rings. The monoisotopic (exact) mass is 283 g/mol. The van der Waals surface area contributed by atoms with Gasteiger partial charge in [0.15, 0.2) is 0 Å². The lowest BCUT2D eigenvalue weighted by Crippen LogP contribution is -2.35. The smallest absolute Gasteiger partial charge is 0.282 e. The molecule has 0 spiro atoms. The van der Waals surface area contributed by atoms with Gasteiger partial charge in [-0.05, 0) is 25.2 Å². The molecule has 6 nitrogen and oxygen atoms in total. The van der Waals surface area contributed by atoms with Crippen LogP contribution in [-0.2, 0) is 0 Å². The van der Waals surface area contributed by atoms with Gasteiger partial charge in [0.2, 0.25) is 0 Å². The maximum absolute atomic E-state index is 13.1. The number of likely N-dealkylation sites (N-methyl/N-ethyl adjacent to an activating group) is 1. The minimum absolute atomic E-state index is 0.255. The van der Waals surface area contributed by atoms with Gasteiger partial charge in [0.05, 0.1) is 4.92 Å². The van der Waals surface area contributed by atoms with Gasteiger partial charge in [0.1, 0.15) is 11.4 Å². The number of benzene rings is 1. The molecule has 0 saturated heterocycles. The van der Waals surface area contributed by atoms with E-state index in [1.165, 1.54) is 0 Å². The third kappa shape index (κ3) is 4.27. The van der Waals surface area contributed by atoms with Crippen molar-refractivity contribution in [3.63, 3.8) is 0 Å². The molecule has 0 heterocycles. The maximum Gasteiger partial charge on any atom is 0.282 e. The van der Waals surface area contributed by atoms with Crippen LogP contribution in [0.5, 0.6) is 0 Å². The van der Waals surface area contributed by atoms with E-state index >= 15 is 0 Å². The summed E-state index contributed by atoms with van der Waals surface area (Å²) in [6.45, 7) is 6.71. The number of hydrogen-bond acceptors (Lipinski definition) is 4. The Kier molecular flexibility index (Phi) is 6.05. The number of nitrogens with one attached hydrogen (secondary N) is 1. The zero-order chi connectivity index (χ0) is 15.1. The zero-order valence-corrected chi connectivity index (χ0v) is 11.6. The van der Waals surface area contributed by atoms with Crippen LogP contribution >= 0.6 is 0 Å². The fraction of sp³-hybridized carbons (Fsp3) is 0.462. The first kappa shape index (κ1) is 16.0. The van der Waals surface area contributed by atoms with Crippen LogP contribution in [0.1, 0.15) is 24.2 Å². The summed E-state index contributed by atoms with van der Waals surface area (Å²) in [7, 11) is 0. The second-order valence-corrected chi connectivity index (χ2v) is 4.20. The van der Waals surface area contributed by atoms with Crippen LogP contribution in [0.3, 0.4) is 0 Å². The first-order chi connectivity index (χ1) is 9.49. The second-order valence-electron chi connectivity index (χ2n) is 4.20. The quantitative estimate of drug-likeness (QED) is 0.611. The molecule has 1 aromatic carbocycles. The third-order valence-electron chi connectivity index (χ3n) is 3.01. The molecule has 0 bridgehead atoms. The molecule has 110 valence electrons. The summed E-state index contributed by atoms with van der Waals surface area (Å²) >= 11 is 0. The lowest BCUT2D eigenvalue weighted by molar-refractivity contribution is -0.385. The number of amides is 1. The Morgan fingerprint density at radius 3 is 2.60 bits per heavy atom. The molecule has 0 aromatic heterocycles. The predicted octanol–water partition coefficient (Wildman–Crippen LogP) is 1.81. The van der Waals surface area contributed by atoms with E-state index < -0.39 is 22.3 Å². The Morgan fingerprint density at radius 1 is 1.40 bits per heavy atom. The highest BCUT2D eigenvalue weighted by Gasteiger charge is 2.20. The molecule has 0 saturated carbocycles. The number of nitro benzene ring substituents is 1. The maximum atomic E-state index is 13.1. The van der Waals surface area contributed by atoms with Crippen LogP contribution < -0.4 is 5.32 Å². The summed E-state index contributed by atoms with van der Waals surface area (Å²) in [5.41, 5.74) is -0.652. The van der Waals surface area contributed by atoms with Crippen LogP contribution in [-0.4, -0.2) is 41.9 Å². The largest absolute Gasteiger partial charge is 0.351 e. The van der Waals surface area contributed by atoms with Gasteiger partial charge in [0, 0.05) is 19.2 Å². The van der Waals surface area contributed by atoms with E-state index in [-0.39, 0.29) is 5.56 Å². The van der Waals surface area contributed by atoms with Crippen LogP contribution in [0, 0.1) is 15.9 Å². The molecule has 0 aliphatic rings. The van der Waals surface area contributed by atoms with Crippen molar-refractivity contribution in [1.29, 1.82) is 0 Å². The summed E-state index contributed by atoms with van der Waals surface area (Å²) in [5, 5.41) is 13.4. The van der Waals surface area contributed by atoms with E-state index in [2.05, 4.69) is 10.2 Å². The molecule has 0 aliphatic heterocycles. The van der Waals surface area contributed by atoms with Crippen LogP contribution in [0.25, 0.3) is 0 Å². The van der Waals surface area contributed by atoms with Crippen molar-refractivity contribution in [1.82, 2.24) is 10.2 Å². The van der Waals surface area contributed by atoms with E-state index in [1.54, 1.807) is 0 Å². The molecule has 0 unspecified atom stereocenters. The summed E-state index contributed by atoms with van der Waals surface area (Å²) in [6, 6.07) is 2.84. The van der Waals surface area contributed by atoms with Crippen molar-refractivity contribution < 1.29 is 14.1 Å².